The van der Waals surface area contributed by atoms with Gasteiger partial charge in [0.2, 0.25) is 11.8 Å². The minimum absolute atomic E-state index is 0.0516. The maximum atomic E-state index is 11.5. The molecular weight excluding hydrogens is 506 g/mol. The Labute approximate surface area is 225 Å². The van der Waals surface area contributed by atoms with Gasteiger partial charge in [-0.05, 0) is 68.3 Å². The molecule has 0 aliphatic rings. The van der Waals surface area contributed by atoms with Gasteiger partial charge in [0.25, 0.3) is 0 Å². The van der Waals surface area contributed by atoms with Crippen molar-refractivity contribution in [2.75, 3.05) is 13.2 Å². The monoisotopic (exact) mass is 535 g/mol. The zero-order valence-electron chi connectivity index (χ0n) is 21.7. The van der Waals surface area contributed by atoms with Gasteiger partial charge in [-0.15, -0.1) is 0 Å². The van der Waals surface area contributed by atoms with Crippen LogP contribution in [0.4, 0.5) is 0 Å². The number of carbonyl (C=O) groups is 2. The van der Waals surface area contributed by atoms with Crippen molar-refractivity contribution in [3.63, 3.8) is 0 Å². The number of rotatable bonds is 10. The summed E-state index contributed by atoms with van der Waals surface area (Å²) < 4.78 is 11.6. The molecule has 38 heavy (non-hydrogen) atoms. The highest BCUT2D eigenvalue weighted by Gasteiger charge is 2.21. The molecule has 0 fully saturated rings. The van der Waals surface area contributed by atoms with Gasteiger partial charge < -0.3 is 25.1 Å². The molecule has 0 radical (unpaired) electrons. The van der Waals surface area contributed by atoms with E-state index in [9.17, 15) is 9.59 Å². The normalized spacial score (nSPS) is 11.3. The van der Waals surface area contributed by atoms with Crippen LogP contribution < -0.4 is 20.1 Å². The number of aromatic nitrogens is 3. The summed E-state index contributed by atoms with van der Waals surface area (Å²) in [5.74, 6) is 1.16. The van der Waals surface area contributed by atoms with Crippen LogP contribution in [0.3, 0.4) is 0 Å². The van der Waals surface area contributed by atoms with Gasteiger partial charge in [0, 0.05) is 26.0 Å². The fourth-order valence-electron chi connectivity index (χ4n) is 3.95. The quantitative estimate of drug-likeness (QED) is 0.236. The van der Waals surface area contributed by atoms with Crippen molar-refractivity contribution < 1.29 is 19.1 Å². The van der Waals surface area contributed by atoms with E-state index in [1.54, 1.807) is 6.07 Å². The second kappa shape index (κ2) is 11.5. The Kier molecular flexibility index (Phi) is 8.16. The number of nitrogens with one attached hydrogen (secondary N) is 3. The number of aromatic amines is 1. The molecule has 0 spiro atoms. The van der Waals surface area contributed by atoms with Gasteiger partial charge in [-0.3, -0.25) is 9.59 Å². The molecule has 0 aliphatic carbocycles. The molecule has 0 unspecified atom stereocenters. The largest absolute Gasteiger partial charge is 0.494 e. The van der Waals surface area contributed by atoms with E-state index in [-0.39, 0.29) is 17.8 Å². The Morgan fingerprint density at radius 2 is 1.66 bits per heavy atom. The average molecular weight is 536 g/mol. The number of hydrogen-bond donors (Lipinski definition) is 3. The summed E-state index contributed by atoms with van der Waals surface area (Å²) in [6.45, 7) is 7.93. The Bertz CT molecular complexity index is 1430. The van der Waals surface area contributed by atoms with Crippen LogP contribution in [-0.4, -0.2) is 39.9 Å². The number of ether oxygens (including phenoxy) is 2. The Morgan fingerprint density at radius 3 is 2.32 bits per heavy atom. The van der Waals surface area contributed by atoms with Crippen molar-refractivity contribution in [1.82, 2.24) is 25.6 Å². The third kappa shape index (κ3) is 6.80. The van der Waals surface area contributed by atoms with Crippen molar-refractivity contribution in [3.05, 3.63) is 65.2 Å². The average Bonchev–Trinajstić information content (AvgIpc) is 3.24. The first-order valence-corrected chi connectivity index (χ1v) is 12.6. The first kappa shape index (κ1) is 26.9. The number of benzene rings is 2. The van der Waals surface area contributed by atoms with Gasteiger partial charge in [-0.1, -0.05) is 23.7 Å². The summed E-state index contributed by atoms with van der Waals surface area (Å²) in [6, 6.07) is 17.0. The first-order chi connectivity index (χ1) is 18.1. The maximum absolute atomic E-state index is 11.5. The molecule has 4 aromatic rings. The van der Waals surface area contributed by atoms with E-state index in [1.807, 2.05) is 62.4 Å². The summed E-state index contributed by atoms with van der Waals surface area (Å²) in [6.07, 6.45) is 0.716. The lowest BCUT2D eigenvalue weighted by molar-refractivity contribution is -0.121. The minimum atomic E-state index is -0.501. The number of amides is 2. The molecule has 9 nitrogen and oxygen atoms in total. The molecule has 0 atom stereocenters. The van der Waals surface area contributed by atoms with Crippen molar-refractivity contribution in [1.29, 1.82) is 0 Å². The molecule has 198 valence electrons. The lowest BCUT2D eigenvalue weighted by Gasteiger charge is -2.26. The third-order valence-electron chi connectivity index (χ3n) is 5.78. The predicted octanol–water partition coefficient (Wildman–Crippen LogP) is 5.35. The highest BCUT2D eigenvalue weighted by Crippen LogP contribution is 2.31. The molecular formula is C28H30ClN5O4. The third-order valence-corrected chi connectivity index (χ3v) is 6.06. The Hall–Kier alpha value is -4.11. The fraction of sp³-hybridized carbons (Fsp3) is 0.286. The van der Waals surface area contributed by atoms with Crippen LogP contribution in [-0.2, 0) is 15.1 Å². The van der Waals surface area contributed by atoms with Gasteiger partial charge in [0.15, 0.2) is 5.65 Å². The minimum Gasteiger partial charge on any atom is -0.494 e. The zero-order chi connectivity index (χ0) is 27.3. The lowest BCUT2D eigenvalue weighted by atomic mass is 9.94. The van der Waals surface area contributed by atoms with Gasteiger partial charge in [0.05, 0.1) is 28.4 Å². The first-order valence-electron chi connectivity index (χ1n) is 12.2. The van der Waals surface area contributed by atoms with E-state index in [0.717, 1.165) is 16.9 Å². The second-order valence-electron chi connectivity index (χ2n) is 9.37. The molecule has 2 amide bonds. The number of pyridine rings is 1. The Balaban J connectivity index is 1.44. The van der Waals surface area contributed by atoms with Gasteiger partial charge in [-0.2, -0.15) is 4.98 Å². The standard InChI is InChI=1S/C28H30ClN5O4/c1-17(35)30-14-5-15-37-21-10-6-19(7-11-21)25-23(29)16-24-26(32-25)33-27(31-24)38-22-12-8-20(9-13-22)28(3,4)34-18(2)36/h6-13,16H,5,14-15H2,1-4H3,(H,30,35)(H,34,36)(H,31,32,33). The number of H-pyrrole nitrogens is 1. The molecule has 0 aliphatic heterocycles. The molecule has 2 heterocycles. The number of hydrogen-bond acceptors (Lipinski definition) is 6. The van der Waals surface area contributed by atoms with Crippen molar-refractivity contribution in [2.45, 2.75) is 39.7 Å². The topological polar surface area (TPSA) is 118 Å². The summed E-state index contributed by atoms with van der Waals surface area (Å²) >= 11 is 6.54. The summed E-state index contributed by atoms with van der Waals surface area (Å²) in [7, 11) is 0. The van der Waals surface area contributed by atoms with Crippen LogP contribution in [0.25, 0.3) is 22.4 Å². The molecule has 3 N–H and O–H groups in total. The van der Waals surface area contributed by atoms with E-state index in [4.69, 9.17) is 21.1 Å². The highest BCUT2D eigenvalue weighted by molar-refractivity contribution is 6.33. The van der Waals surface area contributed by atoms with E-state index in [2.05, 4.69) is 25.6 Å². The van der Waals surface area contributed by atoms with Crippen LogP contribution in [0.15, 0.2) is 54.6 Å². The zero-order valence-corrected chi connectivity index (χ0v) is 22.5. The van der Waals surface area contributed by atoms with E-state index < -0.39 is 5.54 Å². The molecule has 2 aromatic heterocycles. The molecule has 4 rings (SSSR count). The van der Waals surface area contributed by atoms with Gasteiger partial charge >= 0.3 is 6.01 Å². The number of fused-ring (bicyclic) bond motifs is 1. The molecule has 0 saturated heterocycles. The van der Waals surface area contributed by atoms with Gasteiger partial charge in [0.1, 0.15) is 11.5 Å². The van der Waals surface area contributed by atoms with Crippen molar-refractivity contribution >= 4 is 34.6 Å². The summed E-state index contributed by atoms with van der Waals surface area (Å²) in [5, 5.41) is 6.14. The summed E-state index contributed by atoms with van der Waals surface area (Å²) in [4.78, 5) is 34.6. The van der Waals surface area contributed by atoms with E-state index in [1.165, 1.54) is 13.8 Å². The fourth-order valence-corrected chi connectivity index (χ4v) is 4.21. The Morgan fingerprint density at radius 1 is 0.974 bits per heavy atom. The summed E-state index contributed by atoms with van der Waals surface area (Å²) in [5.41, 5.74) is 2.99. The van der Waals surface area contributed by atoms with Crippen LogP contribution >= 0.6 is 11.6 Å². The molecule has 2 aromatic carbocycles. The maximum Gasteiger partial charge on any atom is 0.301 e. The number of carbonyl (C=O) groups excluding carboxylic acids is 2. The second-order valence-corrected chi connectivity index (χ2v) is 9.78. The molecule has 0 saturated carbocycles. The van der Waals surface area contributed by atoms with Crippen molar-refractivity contribution in [2.24, 2.45) is 0 Å². The van der Waals surface area contributed by atoms with Crippen molar-refractivity contribution in [3.8, 4) is 28.8 Å². The van der Waals surface area contributed by atoms with Crippen LogP contribution in [0.5, 0.6) is 17.5 Å². The SMILES string of the molecule is CC(=O)NCCCOc1ccc(-c2nc3nc(Oc4ccc(C(C)(C)NC(C)=O)cc4)[nH]c3cc2Cl)cc1. The van der Waals surface area contributed by atoms with E-state index >= 15 is 0 Å². The van der Waals surface area contributed by atoms with Crippen LogP contribution in [0.2, 0.25) is 5.02 Å². The predicted molar refractivity (Wildman–Crippen MR) is 146 cm³/mol. The smallest absolute Gasteiger partial charge is 0.301 e. The van der Waals surface area contributed by atoms with Crippen LogP contribution in [0.1, 0.15) is 39.7 Å². The molecule has 10 heteroatoms. The molecule has 0 bridgehead atoms. The number of halogens is 1. The van der Waals surface area contributed by atoms with Gasteiger partial charge in [-0.25, -0.2) is 4.98 Å². The number of nitrogens with zero attached hydrogens (tertiary/aromatic N) is 2. The lowest BCUT2D eigenvalue weighted by Crippen LogP contribution is -2.39. The van der Waals surface area contributed by atoms with E-state index in [0.29, 0.717) is 47.2 Å². The highest BCUT2D eigenvalue weighted by atomic mass is 35.5. The number of imidazole rings is 1. The van der Waals surface area contributed by atoms with Crippen LogP contribution in [0, 0.1) is 0 Å².